The lowest BCUT2D eigenvalue weighted by Crippen LogP contribution is -2.11. The highest BCUT2D eigenvalue weighted by Crippen LogP contribution is 2.29. The van der Waals surface area contributed by atoms with Gasteiger partial charge in [0.05, 0.1) is 4.90 Å². The summed E-state index contributed by atoms with van der Waals surface area (Å²) in [5, 5.41) is 16.8. The molecule has 1 aromatic heterocycles. The Morgan fingerprint density at radius 1 is 0.690 bits per heavy atom. The van der Waals surface area contributed by atoms with E-state index < -0.39 is 10.0 Å². The maximum atomic E-state index is 11.4. The van der Waals surface area contributed by atoms with Crippen molar-refractivity contribution in [1.29, 1.82) is 0 Å². The molecule has 0 radical (unpaired) electrons. The van der Waals surface area contributed by atoms with Gasteiger partial charge in [0.2, 0.25) is 16.0 Å². The van der Waals surface area contributed by atoms with Crippen LogP contribution >= 0.6 is 0 Å². The first-order chi connectivity index (χ1) is 14.0. The molecule has 0 aliphatic heterocycles. The van der Waals surface area contributed by atoms with Crippen molar-refractivity contribution >= 4 is 21.7 Å². The summed E-state index contributed by atoms with van der Waals surface area (Å²) in [4.78, 5) is 4.69. The first kappa shape index (κ1) is 18.7. The lowest BCUT2D eigenvalue weighted by molar-refractivity contribution is 0.598. The highest BCUT2D eigenvalue weighted by molar-refractivity contribution is 7.89. The van der Waals surface area contributed by atoms with Crippen LogP contribution in [0.25, 0.3) is 22.5 Å². The van der Waals surface area contributed by atoms with E-state index in [9.17, 15) is 8.42 Å². The molecule has 7 nitrogen and oxygen atoms in total. The Morgan fingerprint density at radius 3 is 1.79 bits per heavy atom. The average molecular weight is 403 g/mol. The molecule has 0 spiro atoms. The molecule has 8 heteroatoms. The van der Waals surface area contributed by atoms with Crippen LogP contribution in [0.2, 0.25) is 0 Å². The van der Waals surface area contributed by atoms with Crippen molar-refractivity contribution in [2.75, 3.05) is 5.32 Å². The van der Waals surface area contributed by atoms with Crippen molar-refractivity contribution in [3.8, 4) is 22.5 Å². The quantitative estimate of drug-likeness (QED) is 0.527. The number of rotatable bonds is 5. The molecule has 1 heterocycles. The van der Waals surface area contributed by atoms with Gasteiger partial charge < -0.3 is 5.32 Å². The molecule has 0 amide bonds. The molecule has 3 aromatic carbocycles. The van der Waals surface area contributed by atoms with E-state index in [1.54, 1.807) is 12.1 Å². The molecule has 0 aliphatic rings. The standard InChI is InChI=1S/C21H17N5O2S/c22-29(27,28)18-13-11-17(12-14-18)23-21-24-19(15-7-3-1-4-8-15)20(25-26-21)16-9-5-2-6-10-16/h1-14H,(H2,22,27,28)(H,23,24,26). The Morgan fingerprint density at radius 2 is 1.24 bits per heavy atom. The van der Waals surface area contributed by atoms with Gasteiger partial charge in [0, 0.05) is 16.8 Å². The van der Waals surface area contributed by atoms with Crippen LogP contribution < -0.4 is 10.5 Å². The molecule has 144 valence electrons. The summed E-state index contributed by atoms with van der Waals surface area (Å²) in [7, 11) is -3.74. The molecule has 3 N–H and O–H groups in total. The van der Waals surface area contributed by atoms with E-state index in [0.717, 1.165) is 11.1 Å². The zero-order valence-electron chi connectivity index (χ0n) is 15.2. The minimum absolute atomic E-state index is 0.0338. The summed E-state index contributed by atoms with van der Waals surface area (Å²) < 4.78 is 22.8. The number of nitrogens with two attached hydrogens (primary N) is 1. The third-order valence-electron chi connectivity index (χ3n) is 4.22. The van der Waals surface area contributed by atoms with E-state index in [2.05, 4.69) is 20.5 Å². The van der Waals surface area contributed by atoms with E-state index in [1.165, 1.54) is 12.1 Å². The minimum Gasteiger partial charge on any atom is -0.323 e. The predicted octanol–water partition coefficient (Wildman–Crippen LogP) is 3.60. The summed E-state index contributed by atoms with van der Waals surface area (Å²) in [6.07, 6.45) is 0. The van der Waals surface area contributed by atoms with Crippen molar-refractivity contribution in [2.24, 2.45) is 5.14 Å². The molecular formula is C21H17N5O2S. The number of nitrogens with one attached hydrogen (secondary N) is 1. The summed E-state index contributed by atoms with van der Waals surface area (Å²) in [6, 6.07) is 25.5. The van der Waals surface area contributed by atoms with E-state index in [1.807, 2.05) is 60.7 Å². The van der Waals surface area contributed by atoms with Gasteiger partial charge in [-0.1, -0.05) is 60.7 Å². The highest BCUT2D eigenvalue weighted by Gasteiger charge is 2.14. The number of sulfonamides is 1. The smallest absolute Gasteiger partial charge is 0.247 e. The van der Waals surface area contributed by atoms with Crippen LogP contribution in [-0.4, -0.2) is 23.6 Å². The van der Waals surface area contributed by atoms with Crippen molar-refractivity contribution in [1.82, 2.24) is 15.2 Å². The van der Waals surface area contributed by atoms with Crippen molar-refractivity contribution < 1.29 is 8.42 Å². The summed E-state index contributed by atoms with van der Waals surface area (Å²) in [6.45, 7) is 0. The normalized spacial score (nSPS) is 11.2. The molecular weight excluding hydrogens is 386 g/mol. The molecule has 0 saturated carbocycles. The van der Waals surface area contributed by atoms with Gasteiger partial charge in [0.25, 0.3) is 0 Å². The van der Waals surface area contributed by atoms with Crippen molar-refractivity contribution in [2.45, 2.75) is 4.90 Å². The number of primary sulfonamides is 1. The second-order valence-corrected chi connectivity index (χ2v) is 7.82. The maximum Gasteiger partial charge on any atom is 0.247 e. The minimum atomic E-state index is -3.74. The lowest BCUT2D eigenvalue weighted by Gasteiger charge is -2.11. The van der Waals surface area contributed by atoms with E-state index in [4.69, 9.17) is 5.14 Å². The molecule has 0 saturated heterocycles. The summed E-state index contributed by atoms with van der Waals surface area (Å²) in [5.74, 6) is 0.298. The molecule has 29 heavy (non-hydrogen) atoms. The first-order valence-electron chi connectivity index (χ1n) is 8.76. The lowest BCUT2D eigenvalue weighted by atomic mass is 10.0. The number of aromatic nitrogens is 3. The van der Waals surface area contributed by atoms with Crippen LogP contribution in [-0.2, 0) is 10.0 Å². The van der Waals surface area contributed by atoms with Gasteiger partial charge in [0.1, 0.15) is 11.4 Å². The average Bonchev–Trinajstić information content (AvgIpc) is 2.75. The van der Waals surface area contributed by atoms with Crippen LogP contribution in [0.5, 0.6) is 0 Å². The number of hydrogen-bond acceptors (Lipinski definition) is 6. The molecule has 0 atom stereocenters. The van der Waals surface area contributed by atoms with Crippen LogP contribution in [0, 0.1) is 0 Å². The molecule has 0 aliphatic carbocycles. The van der Waals surface area contributed by atoms with Gasteiger partial charge in [-0.05, 0) is 24.3 Å². The van der Waals surface area contributed by atoms with Gasteiger partial charge >= 0.3 is 0 Å². The topological polar surface area (TPSA) is 111 Å². The molecule has 0 unspecified atom stereocenters. The van der Waals surface area contributed by atoms with Gasteiger partial charge in [0.15, 0.2) is 0 Å². The number of benzene rings is 3. The SMILES string of the molecule is NS(=O)(=O)c1ccc(Nc2nnc(-c3ccccc3)c(-c3ccccc3)n2)cc1. The summed E-state index contributed by atoms with van der Waals surface area (Å²) in [5.41, 5.74) is 3.80. The Kier molecular flexibility index (Phi) is 5.03. The number of anilines is 2. The fourth-order valence-corrected chi connectivity index (χ4v) is 3.34. The Labute approximate surface area is 168 Å². The van der Waals surface area contributed by atoms with Crippen molar-refractivity contribution in [3.63, 3.8) is 0 Å². The van der Waals surface area contributed by atoms with Crippen molar-refractivity contribution in [3.05, 3.63) is 84.9 Å². The summed E-state index contributed by atoms with van der Waals surface area (Å²) >= 11 is 0. The van der Waals surface area contributed by atoms with Gasteiger partial charge in [-0.25, -0.2) is 18.5 Å². The number of nitrogens with zero attached hydrogens (tertiary/aromatic N) is 3. The van der Waals surface area contributed by atoms with E-state index >= 15 is 0 Å². The monoisotopic (exact) mass is 403 g/mol. The maximum absolute atomic E-state index is 11.4. The fourth-order valence-electron chi connectivity index (χ4n) is 2.82. The fraction of sp³-hybridized carbons (Fsp3) is 0. The van der Waals surface area contributed by atoms with Gasteiger partial charge in [-0.3, -0.25) is 0 Å². The second kappa shape index (κ2) is 7.78. The highest BCUT2D eigenvalue weighted by atomic mass is 32.2. The second-order valence-electron chi connectivity index (χ2n) is 6.26. The number of hydrogen-bond donors (Lipinski definition) is 2. The Bertz CT molecular complexity index is 1230. The zero-order chi connectivity index (χ0) is 20.3. The zero-order valence-corrected chi connectivity index (χ0v) is 16.0. The molecule has 4 rings (SSSR count). The van der Waals surface area contributed by atoms with Crippen LogP contribution in [0.1, 0.15) is 0 Å². The molecule has 4 aromatic rings. The molecule has 0 bridgehead atoms. The Hall–Kier alpha value is -3.62. The predicted molar refractivity (Wildman–Crippen MR) is 112 cm³/mol. The largest absolute Gasteiger partial charge is 0.323 e. The first-order valence-corrected chi connectivity index (χ1v) is 10.3. The van der Waals surface area contributed by atoms with E-state index in [0.29, 0.717) is 23.0 Å². The Balaban J connectivity index is 1.72. The van der Waals surface area contributed by atoms with Gasteiger partial charge in [-0.15, -0.1) is 10.2 Å². The third kappa shape index (κ3) is 4.29. The third-order valence-corrected chi connectivity index (χ3v) is 5.15. The van der Waals surface area contributed by atoms with Gasteiger partial charge in [-0.2, -0.15) is 0 Å². The van der Waals surface area contributed by atoms with E-state index in [-0.39, 0.29) is 4.90 Å². The van der Waals surface area contributed by atoms with Crippen LogP contribution in [0.15, 0.2) is 89.8 Å². The van der Waals surface area contributed by atoms with Crippen LogP contribution in [0.4, 0.5) is 11.6 Å². The van der Waals surface area contributed by atoms with Crippen LogP contribution in [0.3, 0.4) is 0 Å². The molecule has 0 fully saturated rings.